The highest BCUT2D eigenvalue weighted by Gasteiger charge is 2.23. The van der Waals surface area contributed by atoms with Gasteiger partial charge in [-0.15, -0.1) is 0 Å². The average molecular weight is 258 g/mol. The van der Waals surface area contributed by atoms with Crippen LogP contribution in [0.2, 0.25) is 0 Å². The number of nitriles is 1. The van der Waals surface area contributed by atoms with Crippen LogP contribution in [0.5, 0.6) is 5.75 Å². The minimum atomic E-state index is -1.17. The maximum Gasteiger partial charge on any atom is 0.341 e. The Morgan fingerprint density at radius 2 is 2.16 bits per heavy atom. The number of aromatic carboxylic acids is 1. The van der Waals surface area contributed by atoms with Gasteiger partial charge in [-0.2, -0.15) is 5.26 Å². The lowest BCUT2D eigenvalue weighted by Crippen LogP contribution is -2.01. The highest BCUT2D eigenvalue weighted by molar-refractivity contribution is 5.95. The standard InChI is InChI=1S/C13H10N2O4/c1-18-9-4-2-8(3-5-9)12-11(13(16)17)10(6-7-14)15-19-12/h2-5H,6H2,1H3,(H,16,17). The SMILES string of the molecule is COc1ccc(-c2onc(CC#N)c2C(=O)O)cc1. The number of benzene rings is 1. The highest BCUT2D eigenvalue weighted by Crippen LogP contribution is 2.28. The van der Waals surface area contributed by atoms with Crippen molar-refractivity contribution in [2.75, 3.05) is 7.11 Å². The minimum Gasteiger partial charge on any atom is -0.497 e. The molecule has 0 aliphatic heterocycles. The van der Waals surface area contributed by atoms with Crippen molar-refractivity contribution in [3.05, 3.63) is 35.5 Å². The van der Waals surface area contributed by atoms with Crippen LogP contribution in [0.25, 0.3) is 11.3 Å². The number of hydrogen-bond acceptors (Lipinski definition) is 5. The smallest absolute Gasteiger partial charge is 0.341 e. The van der Waals surface area contributed by atoms with Crippen molar-refractivity contribution < 1.29 is 19.2 Å². The Kier molecular flexibility index (Phi) is 3.48. The summed E-state index contributed by atoms with van der Waals surface area (Å²) in [6.07, 6.45) is -0.110. The quantitative estimate of drug-likeness (QED) is 0.902. The Balaban J connectivity index is 2.49. The molecule has 6 nitrogen and oxygen atoms in total. The summed E-state index contributed by atoms with van der Waals surface area (Å²) in [6.45, 7) is 0. The summed E-state index contributed by atoms with van der Waals surface area (Å²) in [4.78, 5) is 11.2. The van der Waals surface area contributed by atoms with Gasteiger partial charge >= 0.3 is 5.97 Å². The summed E-state index contributed by atoms with van der Waals surface area (Å²) in [7, 11) is 1.54. The first kappa shape index (κ1) is 12.6. The molecule has 1 heterocycles. The fourth-order valence-electron chi connectivity index (χ4n) is 1.68. The van der Waals surface area contributed by atoms with E-state index in [0.29, 0.717) is 11.3 Å². The Morgan fingerprint density at radius 3 is 2.68 bits per heavy atom. The number of carboxylic acid groups (broad SMARTS) is 1. The first-order valence-corrected chi connectivity index (χ1v) is 5.40. The molecule has 0 unspecified atom stereocenters. The van der Waals surface area contributed by atoms with E-state index in [9.17, 15) is 9.90 Å². The number of nitrogens with zero attached hydrogens (tertiary/aromatic N) is 2. The van der Waals surface area contributed by atoms with E-state index >= 15 is 0 Å². The highest BCUT2D eigenvalue weighted by atomic mass is 16.5. The van der Waals surface area contributed by atoms with Crippen molar-refractivity contribution >= 4 is 5.97 Å². The van der Waals surface area contributed by atoms with Gasteiger partial charge in [-0.1, -0.05) is 5.16 Å². The number of methoxy groups -OCH3 is 1. The summed E-state index contributed by atoms with van der Waals surface area (Å²) in [5, 5.41) is 21.5. The van der Waals surface area contributed by atoms with Crippen molar-refractivity contribution in [2.24, 2.45) is 0 Å². The topological polar surface area (TPSA) is 96.4 Å². The zero-order valence-electron chi connectivity index (χ0n) is 10.1. The number of ether oxygens (including phenoxy) is 1. The van der Waals surface area contributed by atoms with Crippen LogP contribution >= 0.6 is 0 Å². The number of hydrogen-bond donors (Lipinski definition) is 1. The van der Waals surface area contributed by atoms with E-state index in [0.717, 1.165) is 0 Å². The van der Waals surface area contributed by atoms with E-state index in [2.05, 4.69) is 5.16 Å². The lowest BCUT2D eigenvalue weighted by Gasteiger charge is -2.01. The molecule has 2 aromatic rings. The summed E-state index contributed by atoms with van der Waals surface area (Å²) >= 11 is 0. The molecule has 1 aromatic heterocycles. The average Bonchev–Trinajstić information content (AvgIpc) is 2.83. The van der Waals surface area contributed by atoms with Crippen LogP contribution in [0.3, 0.4) is 0 Å². The molecular formula is C13H10N2O4. The summed E-state index contributed by atoms with van der Waals surface area (Å²) in [5.41, 5.74) is 0.613. The number of aromatic nitrogens is 1. The summed E-state index contributed by atoms with van der Waals surface area (Å²) in [6, 6.07) is 8.57. The first-order chi connectivity index (χ1) is 9.17. The molecular weight excluding hydrogens is 248 g/mol. The van der Waals surface area contributed by atoms with Crippen LogP contribution in [0.15, 0.2) is 28.8 Å². The second-order valence-electron chi connectivity index (χ2n) is 3.70. The molecule has 0 fully saturated rings. The van der Waals surface area contributed by atoms with E-state index in [1.165, 1.54) is 7.11 Å². The first-order valence-electron chi connectivity index (χ1n) is 5.40. The second kappa shape index (κ2) is 5.23. The molecule has 0 saturated heterocycles. The van der Waals surface area contributed by atoms with E-state index < -0.39 is 5.97 Å². The fourth-order valence-corrected chi connectivity index (χ4v) is 1.68. The molecule has 0 atom stereocenters. The Morgan fingerprint density at radius 1 is 1.47 bits per heavy atom. The van der Waals surface area contributed by atoms with Gasteiger partial charge in [0.2, 0.25) is 0 Å². The van der Waals surface area contributed by atoms with E-state index in [4.69, 9.17) is 14.5 Å². The summed E-state index contributed by atoms with van der Waals surface area (Å²) in [5.74, 6) is -0.380. The molecule has 0 saturated carbocycles. The van der Waals surface area contributed by atoms with Crippen LogP contribution in [0.1, 0.15) is 16.1 Å². The third-order valence-corrected chi connectivity index (χ3v) is 2.58. The Bertz CT molecular complexity index is 638. The molecule has 2 rings (SSSR count). The zero-order valence-corrected chi connectivity index (χ0v) is 10.1. The molecule has 0 radical (unpaired) electrons. The molecule has 0 spiro atoms. The lowest BCUT2D eigenvalue weighted by molar-refractivity contribution is 0.0696. The van der Waals surface area contributed by atoms with Crippen molar-refractivity contribution in [1.29, 1.82) is 5.26 Å². The number of carbonyl (C=O) groups is 1. The van der Waals surface area contributed by atoms with Gasteiger partial charge < -0.3 is 14.4 Å². The number of carboxylic acids is 1. The van der Waals surface area contributed by atoms with Gasteiger partial charge in [-0.05, 0) is 24.3 Å². The van der Waals surface area contributed by atoms with Gasteiger partial charge in [0, 0.05) is 5.56 Å². The predicted octanol–water partition coefficient (Wildman–Crippen LogP) is 2.11. The van der Waals surface area contributed by atoms with Gasteiger partial charge in [0.25, 0.3) is 0 Å². The predicted molar refractivity (Wildman–Crippen MR) is 64.8 cm³/mol. The van der Waals surface area contributed by atoms with E-state index in [-0.39, 0.29) is 23.4 Å². The normalized spacial score (nSPS) is 9.89. The molecule has 0 amide bonds. The molecule has 0 bridgehead atoms. The van der Waals surface area contributed by atoms with Gasteiger partial charge in [0.05, 0.1) is 19.6 Å². The molecule has 96 valence electrons. The fraction of sp³-hybridized carbons (Fsp3) is 0.154. The minimum absolute atomic E-state index is 0.0771. The molecule has 19 heavy (non-hydrogen) atoms. The van der Waals surface area contributed by atoms with Crippen molar-refractivity contribution in [1.82, 2.24) is 5.16 Å². The maximum absolute atomic E-state index is 11.2. The van der Waals surface area contributed by atoms with Gasteiger partial charge in [0.15, 0.2) is 5.76 Å². The van der Waals surface area contributed by atoms with Gasteiger partial charge in [-0.25, -0.2) is 4.79 Å². The van der Waals surface area contributed by atoms with Crippen LogP contribution in [-0.4, -0.2) is 23.3 Å². The van der Waals surface area contributed by atoms with Crippen molar-refractivity contribution in [2.45, 2.75) is 6.42 Å². The molecule has 1 N–H and O–H groups in total. The Labute approximate surface area is 108 Å². The largest absolute Gasteiger partial charge is 0.497 e. The summed E-state index contributed by atoms with van der Waals surface area (Å²) < 4.78 is 10.1. The molecule has 0 aliphatic rings. The van der Waals surface area contributed by atoms with Gasteiger partial charge in [-0.3, -0.25) is 0 Å². The van der Waals surface area contributed by atoms with Crippen molar-refractivity contribution in [3.63, 3.8) is 0 Å². The van der Waals surface area contributed by atoms with Crippen LogP contribution in [0, 0.1) is 11.3 Å². The van der Waals surface area contributed by atoms with Gasteiger partial charge in [0.1, 0.15) is 17.0 Å². The lowest BCUT2D eigenvalue weighted by atomic mass is 10.1. The second-order valence-corrected chi connectivity index (χ2v) is 3.70. The van der Waals surface area contributed by atoms with Crippen LogP contribution in [-0.2, 0) is 6.42 Å². The van der Waals surface area contributed by atoms with Crippen LogP contribution < -0.4 is 4.74 Å². The number of rotatable bonds is 4. The third kappa shape index (κ3) is 2.40. The molecule has 0 aliphatic carbocycles. The zero-order chi connectivity index (χ0) is 13.8. The third-order valence-electron chi connectivity index (χ3n) is 2.58. The molecule has 6 heteroatoms. The maximum atomic E-state index is 11.2. The van der Waals surface area contributed by atoms with E-state index in [1.54, 1.807) is 24.3 Å². The molecule has 1 aromatic carbocycles. The Hall–Kier alpha value is -2.81. The van der Waals surface area contributed by atoms with E-state index in [1.807, 2.05) is 6.07 Å². The van der Waals surface area contributed by atoms with Crippen LogP contribution in [0.4, 0.5) is 0 Å². The monoisotopic (exact) mass is 258 g/mol. The van der Waals surface area contributed by atoms with Crippen molar-refractivity contribution in [3.8, 4) is 23.1 Å².